The summed E-state index contributed by atoms with van der Waals surface area (Å²) >= 11 is 0. The molecule has 0 bridgehead atoms. The van der Waals surface area contributed by atoms with Crippen LogP contribution in [-0.2, 0) is 0 Å². The average molecular weight is 132 g/mol. The first-order chi connectivity index (χ1) is 4.83. The quantitative estimate of drug-likeness (QED) is 0.481. The van der Waals surface area contributed by atoms with Crippen molar-refractivity contribution in [3.05, 3.63) is 48.6 Å². The lowest BCUT2D eigenvalue weighted by Gasteiger charge is -2.05. The Hall–Kier alpha value is -1.04. The van der Waals surface area contributed by atoms with Gasteiger partial charge in [0.1, 0.15) is 0 Å². The molecule has 0 nitrogen and oxygen atoms in total. The van der Waals surface area contributed by atoms with Gasteiger partial charge in [0.15, 0.2) is 0 Å². The minimum absolute atomic E-state index is 0.482. The first-order valence-electron chi connectivity index (χ1n) is 3.51. The Morgan fingerprint density at radius 3 is 2.50 bits per heavy atom. The summed E-state index contributed by atoms with van der Waals surface area (Å²) in [5.41, 5.74) is 1.08. The standard InChI is InChI=1S/C10H12/c1-3-4-10-7-5-9(2)6-8-10/h3-8,10H,2H2,1H3/b4-3+. The summed E-state index contributed by atoms with van der Waals surface area (Å²) in [5, 5.41) is 0. The van der Waals surface area contributed by atoms with Crippen LogP contribution in [0.25, 0.3) is 0 Å². The Morgan fingerprint density at radius 1 is 1.40 bits per heavy atom. The van der Waals surface area contributed by atoms with Crippen molar-refractivity contribution in [1.82, 2.24) is 0 Å². The smallest absolute Gasteiger partial charge is 0.0134 e. The lowest BCUT2D eigenvalue weighted by molar-refractivity contribution is 1.05. The molecule has 0 atom stereocenters. The Morgan fingerprint density at radius 2 is 2.00 bits per heavy atom. The van der Waals surface area contributed by atoms with Crippen LogP contribution in [-0.4, -0.2) is 0 Å². The molecule has 52 valence electrons. The molecule has 1 aliphatic rings. The fourth-order valence-electron chi connectivity index (χ4n) is 0.940. The molecule has 0 amide bonds. The van der Waals surface area contributed by atoms with Gasteiger partial charge in [0, 0.05) is 5.92 Å². The molecule has 0 spiro atoms. The molecule has 0 aliphatic heterocycles. The number of hydrogen-bond donors (Lipinski definition) is 0. The van der Waals surface area contributed by atoms with Gasteiger partial charge in [0.05, 0.1) is 0 Å². The highest BCUT2D eigenvalue weighted by Gasteiger charge is 1.97. The zero-order valence-corrected chi connectivity index (χ0v) is 6.25. The second-order valence-corrected chi connectivity index (χ2v) is 2.40. The Balaban J connectivity index is 2.62. The second kappa shape index (κ2) is 3.21. The van der Waals surface area contributed by atoms with Crippen LogP contribution in [0.15, 0.2) is 48.6 Å². The molecule has 0 N–H and O–H groups in total. The highest BCUT2D eigenvalue weighted by Crippen LogP contribution is 2.12. The summed E-state index contributed by atoms with van der Waals surface area (Å²) in [4.78, 5) is 0. The van der Waals surface area contributed by atoms with E-state index in [-0.39, 0.29) is 0 Å². The van der Waals surface area contributed by atoms with Crippen molar-refractivity contribution in [1.29, 1.82) is 0 Å². The van der Waals surface area contributed by atoms with E-state index in [9.17, 15) is 0 Å². The van der Waals surface area contributed by atoms with Crippen molar-refractivity contribution >= 4 is 0 Å². The van der Waals surface area contributed by atoms with E-state index in [1.165, 1.54) is 0 Å². The molecule has 1 rings (SSSR count). The summed E-state index contributed by atoms with van der Waals surface area (Å²) in [6.07, 6.45) is 12.6. The highest BCUT2D eigenvalue weighted by atomic mass is 14.0. The third kappa shape index (κ3) is 1.73. The van der Waals surface area contributed by atoms with Gasteiger partial charge in [-0.15, -0.1) is 0 Å². The zero-order valence-electron chi connectivity index (χ0n) is 6.25. The molecule has 1 aliphatic carbocycles. The van der Waals surface area contributed by atoms with Crippen molar-refractivity contribution in [2.24, 2.45) is 5.92 Å². The van der Waals surface area contributed by atoms with Crippen molar-refractivity contribution in [3.8, 4) is 0 Å². The van der Waals surface area contributed by atoms with E-state index in [0.717, 1.165) is 5.57 Å². The predicted molar refractivity (Wildman–Crippen MR) is 45.7 cm³/mol. The van der Waals surface area contributed by atoms with Crippen molar-refractivity contribution in [2.75, 3.05) is 0 Å². The molecule has 10 heavy (non-hydrogen) atoms. The number of allylic oxidation sites excluding steroid dienone is 7. The maximum atomic E-state index is 3.81. The maximum absolute atomic E-state index is 3.81. The molecule has 0 heteroatoms. The van der Waals surface area contributed by atoms with Gasteiger partial charge in [-0.3, -0.25) is 0 Å². The first kappa shape index (κ1) is 7.07. The summed E-state index contributed by atoms with van der Waals surface area (Å²) in [5.74, 6) is 0.482. The fourth-order valence-corrected chi connectivity index (χ4v) is 0.940. The van der Waals surface area contributed by atoms with Crippen LogP contribution in [0.5, 0.6) is 0 Å². The van der Waals surface area contributed by atoms with E-state index >= 15 is 0 Å². The van der Waals surface area contributed by atoms with E-state index < -0.39 is 0 Å². The number of rotatable bonds is 1. The van der Waals surface area contributed by atoms with Gasteiger partial charge in [-0.1, -0.05) is 43.0 Å². The largest absolute Gasteiger partial charge is 0.0918 e. The minimum Gasteiger partial charge on any atom is -0.0918 e. The van der Waals surface area contributed by atoms with E-state index in [2.05, 4.69) is 30.9 Å². The minimum atomic E-state index is 0.482. The molecular formula is C10H12. The molecule has 0 unspecified atom stereocenters. The average Bonchev–Trinajstić information content (AvgIpc) is 1.95. The van der Waals surface area contributed by atoms with Crippen LogP contribution >= 0.6 is 0 Å². The SMILES string of the molecule is C=C1C=CC(/C=C/C)C=C1. The van der Waals surface area contributed by atoms with E-state index in [0.29, 0.717) is 5.92 Å². The Kier molecular flexibility index (Phi) is 2.27. The molecule has 0 aromatic carbocycles. The fraction of sp³-hybridized carbons (Fsp3) is 0.200. The second-order valence-electron chi connectivity index (χ2n) is 2.40. The van der Waals surface area contributed by atoms with Crippen LogP contribution in [0.4, 0.5) is 0 Å². The third-order valence-electron chi connectivity index (χ3n) is 1.48. The molecule has 0 fully saturated rings. The first-order valence-corrected chi connectivity index (χ1v) is 3.51. The van der Waals surface area contributed by atoms with E-state index in [1.54, 1.807) is 0 Å². The maximum Gasteiger partial charge on any atom is 0.0134 e. The lowest BCUT2D eigenvalue weighted by Crippen LogP contribution is -1.89. The van der Waals surface area contributed by atoms with Gasteiger partial charge < -0.3 is 0 Å². The van der Waals surface area contributed by atoms with Crippen LogP contribution in [0.2, 0.25) is 0 Å². The van der Waals surface area contributed by atoms with Crippen molar-refractivity contribution < 1.29 is 0 Å². The molecular weight excluding hydrogens is 120 g/mol. The molecule has 0 radical (unpaired) electrons. The number of hydrogen-bond acceptors (Lipinski definition) is 0. The van der Waals surface area contributed by atoms with Crippen LogP contribution in [0, 0.1) is 5.92 Å². The molecule has 0 saturated heterocycles. The van der Waals surface area contributed by atoms with Gasteiger partial charge in [-0.05, 0) is 12.5 Å². The monoisotopic (exact) mass is 132 g/mol. The summed E-state index contributed by atoms with van der Waals surface area (Å²) in [7, 11) is 0. The zero-order chi connectivity index (χ0) is 7.40. The summed E-state index contributed by atoms with van der Waals surface area (Å²) in [6, 6.07) is 0. The lowest BCUT2D eigenvalue weighted by atomic mass is 10.0. The molecule has 0 aromatic rings. The Bertz CT molecular complexity index is 188. The molecule has 0 heterocycles. The van der Waals surface area contributed by atoms with E-state index in [1.807, 2.05) is 19.1 Å². The predicted octanol–water partition coefficient (Wildman–Crippen LogP) is 2.86. The van der Waals surface area contributed by atoms with Crippen molar-refractivity contribution in [2.45, 2.75) is 6.92 Å². The van der Waals surface area contributed by atoms with Gasteiger partial charge >= 0.3 is 0 Å². The van der Waals surface area contributed by atoms with Crippen molar-refractivity contribution in [3.63, 3.8) is 0 Å². The van der Waals surface area contributed by atoms with E-state index in [4.69, 9.17) is 0 Å². The van der Waals surface area contributed by atoms with Gasteiger partial charge in [0.25, 0.3) is 0 Å². The normalized spacial score (nSPS) is 19.1. The summed E-state index contributed by atoms with van der Waals surface area (Å²) in [6.45, 7) is 5.84. The third-order valence-corrected chi connectivity index (χ3v) is 1.48. The van der Waals surface area contributed by atoms with Crippen LogP contribution in [0.3, 0.4) is 0 Å². The van der Waals surface area contributed by atoms with Crippen LogP contribution < -0.4 is 0 Å². The highest BCUT2D eigenvalue weighted by molar-refractivity contribution is 5.34. The van der Waals surface area contributed by atoms with Gasteiger partial charge in [0.2, 0.25) is 0 Å². The molecule has 0 saturated carbocycles. The summed E-state index contributed by atoms with van der Waals surface area (Å²) < 4.78 is 0. The topological polar surface area (TPSA) is 0 Å². The van der Waals surface area contributed by atoms with Crippen LogP contribution in [0.1, 0.15) is 6.92 Å². The van der Waals surface area contributed by atoms with Gasteiger partial charge in [-0.2, -0.15) is 0 Å². The van der Waals surface area contributed by atoms with Gasteiger partial charge in [-0.25, -0.2) is 0 Å². The molecule has 0 aromatic heterocycles. The Labute approximate surface area is 62.3 Å².